The van der Waals surface area contributed by atoms with Crippen molar-refractivity contribution < 1.29 is 4.79 Å². The molecule has 1 aromatic rings. The maximum absolute atomic E-state index is 11.8. The first kappa shape index (κ1) is 11.2. The van der Waals surface area contributed by atoms with Gasteiger partial charge in [0.1, 0.15) is 6.04 Å². The van der Waals surface area contributed by atoms with Crippen molar-refractivity contribution in [1.82, 2.24) is 5.32 Å². The van der Waals surface area contributed by atoms with Gasteiger partial charge >= 0.3 is 0 Å². The summed E-state index contributed by atoms with van der Waals surface area (Å²) in [6, 6.07) is 10.1. The summed E-state index contributed by atoms with van der Waals surface area (Å²) in [6.45, 7) is 0. The van der Waals surface area contributed by atoms with Crippen LogP contribution < -0.4 is 5.32 Å². The number of nitrogens with zero attached hydrogens (tertiary/aromatic N) is 2. The van der Waals surface area contributed by atoms with Gasteiger partial charge in [0.15, 0.2) is 0 Å². The third-order valence-corrected chi connectivity index (χ3v) is 2.77. The zero-order valence-electron chi connectivity index (χ0n) is 9.18. The fraction of sp³-hybridized carbons (Fsp3) is 0.308. The quantitative estimate of drug-likeness (QED) is 0.848. The lowest BCUT2D eigenvalue weighted by Gasteiger charge is -2.10. The summed E-state index contributed by atoms with van der Waals surface area (Å²) >= 11 is 0. The van der Waals surface area contributed by atoms with Gasteiger partial charge in [-0.2, -0.15) is 10.5 Å². The first-order valence-corrected chi connectivity index (χ1v) is 5.45. The molecule has 1 fully saturated rings. The lowest BCUT2D eigenvalue weighted by Crippen LogP contribution is -2.35. The molecule has 0 saturated heterocycles. The van der Waals surface area contributed by atoms with Crippen molar-refractivity contribution in [2.75, 3.05) is 0 Å². The smallest absolute Gasteiger partial charge is 0.252 e. The highest BCUT2D eigenvalue weighted by atomic mass is 16.1. The van der Waals surface area contributed by atoms with Crippen LogP contribution in [0.5, 0.6) is 0 Å². The van der Waals surface area contributed by atoms with Crippen LogP contribution in [0.1, 0.15) is 28.8 Å². The van der Waals surface area contributed by atoms with E-state index in [-0.39, 0.29) is 5.91 Å². The second-order valence-corrected chi connectivity index (χ2v) is 4.11. The third kappa shape index (κ3) is 2.62. The Labute approximate surface area is 99.5 Å². The van der Waals surface area contributed by atoms with E-state index in [1.165, 1.54) is 6.07 Å². The Hall–Kier alpha value is -2.33. The number of nitriles is 2. The molecule has 0 heterocycles. The van der Waals surface area contributed by atoms with Gasteiger partial charge in [-0.25, -0.2) is 0 Å². The molecule has 1 N–H and O–H groups in total. The van der Waals surface area contributed by atoms with Crippen LogP contribution in [0.25, 0.3) is 0 Å². The molecule has 84 valence electrons. The van der Waals surface area contributed by atoms with Crippen molar-refractivity contribution in [3.63, 3.8) is 0 Å². The highest BCUT2D eigenvalue weighted by Gasteiger charge is 2.32. The fourth-order valence-corrected chi connectivity index (χ4v) is 1.64. The maximum Gasteiger partial charge on any atom is 0.252 e. The summed E-state index contributed by atoms with van der Waals surface area (Å²) in [5.41, 5.74) is 0.863. The van der Waals surface area contributed by atoms with E-state index in [0.717, 1.165) is 12.8 Å². The van der Waals surface area contributed by atoms with E-state index in [1.807, 2.05) is 6.07 Å². The van der Waals surface area contributed by atoms with Gasteiger partial charge in [-0.15, -0.1) is 0 Å². The highest BCUT2D eigenvalue weighted by Crippen LogP contribution is 2.32. The third-order valence-electron chi connectivity index (χ3n) is 2.77. The molecule has 17 heavy (non-hydrogen) atoms. The SMILES string of the molecule is N#Cc1cccc(C(=O)NC(C#N)C2CC2)c1. The summed E-state index contributed by atoms with van der Waals surface area (Å²) in [7, 11) is 0. The molecular weight excluding hydrogens is 214 g/mol. The molecule has 0 radical (unpaired) electrons. The molecule has 1 aliphatic carbocycles. The second-order valence-electron chi connectivity index (χ2n) is 4.11. The average Bonchev–Trinajstić information content (AvgIpc) is 3.20. The van der Waals surface area contributed by atoms with Crippen molar-refractivity contribution in [2.24, 2.45) is 5.92 Å². The Morgan fingerprint density at radius 1 is 1.41 bits per heavy atom. The van der Waals surface area contributed by atoms with E-state index in [9.17, 15) is 4.79 Å². The van der Waals surface area contributed by atoms with Gasteiger partial charge in [0.25, 0.3) is 5.91 Å². The van der Waals surface area contributed by atoms with Crippen molar-refractivity contribution in [3.8, 4) is 12.1 Å². The molecule has 1 amide bonds. The minimum Gasteiger partial charge on any atom is -0.336 e. The number of hydrogen-bond donors (Lipinski definition) is 1. The van der Waals surface area contributed by atoms with E-state index < -0.39 is 6.04 Å². The van der Waals surface area contributed by atoms with Gasteiger partial charge in [0, 0.05) is 5.56 Å². The number of rotatable bonds is 3. The molecule has 4 nitrogen and oxygen atoms in total. The molecule has 4 heteroatoms. The minimum absolute atomic E-state index is 0.291. The van der Waals surface area contributed by atoms with E-state index in [0.29, 0.717) is 17.0 Å². The molecule has 2 rings (SSSR count). The Bertz CT molecular complexity index is 520. The normalized spacial score (nSPS) is 15.4. The summed E-state index contributed by atoms with van der Waals surface area (Å²) < 4.78 is 0. The van der Waals surface area contributed by atoms with Crippen LogP contribution >= 0.6 is 0 Å². The van der Waals surface area contributed by atoms with Crippen LogP contribution in [0, 0.1) is 28.6 Å². The second kappa shape index (κ2) is 4.67. The first-order valence-electron chi connectivity index (χ1n) is 5.45. The fourth-order valence-electron chi connectivity index (χ4n) is 1.64. The highest BCUT2D eigenvalue weighted by molar-refractivity contribution is 5.94. The number of nitrogens with one attached hydrogen (secondary N) is 1. The van der Waals surface area contributed by atoms with E-state index in [2.05, 4.69) is 11.4 Å². The van der Waals surface area contributed by atoms with Crippen LogP contribution in [-0.4, -0.2) is 11.9 Å². The molecule has 1 aliphatic rings. The van der Waals surface area contributed by atoms with Gasteiger partial charge in [-0.3, -0.25) is 4.79 Å². The van der Waals surface area contributed by atoms with Crippen LogP contribution in [0.2, 0.25) is 0 Å². The van der Waals surface area contributed by atoms with Crippen molar-refractivity contribution in [2.45, 2.75) is 18.9 Å². The van der Waals surface area contributed by atoms with Crippen molar-refractivity contribution >= 4 is 5.91 Å². The van der Waals surface area contributed by atoms with Crippen LogP contribution in [-0.2, 0) is 0 Å². The number of benzene rings is 1. The summed E-state index contributed by atoms with van der Waals surface area (Å²) in [5, 5.41) is 20.3. The maximum atomic E-state index is 11.8. The van der Waals surface area contributed by atoms with Crippen LogP contribution in [0.4, 0.5) is 0 Å². The van der Waals surface area contributed by atoms with Gasteiger partial charge in [-0.05, 0) is 37.0 Å². The number of hydrogen-bond acceptors (Lipinski definition) is 3. The topological polar surface area (TPSA) is 76.7 Å². The Balaban J connectivity index is 2.09. The first-order chi connectivity index (χ1) is 8.24. The van der Waals surface area contributed by atoms with E-state index in [4.69, 9.17) is 10.5 Å². The van der Waals surface area contributed by atoms with Crippen LogP contribution in [0.15, 0.2) is 24.3 Å². The number of carbonyl (C=O) groups excluding carboxylic acids is 1. The zero-order chi connectivity index (χ0) is 12.3. The Kier molecular flexibility index (Phi) is 3.07. The largest absolute Gasteiger partial charge is 0.336 e. The standard InChI is InChI=1S/C13H11N3O/c14-7-9-2-1-3-11(6-9)13(17)16-12(8-15)10-4-5-10/h1-3,6,10,12H,4-5H2,(H,16,17). The predicted octanol–water partition coefficient (Wildman–Crippen LogP) is 1.59. The number of carbonyl (C=O) groups is 1. The molecule has 1 aromatic carbocycles. The Morgan fingerprint density at radius 3 is 2.76 bits per heavy atom. The Morgan fingerprint density at radius 2 is 2.18 bits per heavy atom. The average molecular weight is 225 g/mol. The van der Waals surface area contributed by atoms with E-state index in [1.54, 1.807) is 18.2 Å². The predicted molar refractivity (Wildman–Crippen MR) is 60.7 cm³/mol. The molecule has 0 aromatic heterocycles. The lowest BCUT2D eigenvalue weighted by atomic mass is 10.1. The molecule has 0 bridgehead atoms. The van der Waals surface area contributed by atoms with Crippen molar-refractivity contribution in [1.29, 1.82) is 10.5 Å². The minimum atomic E-state index is -0.409. The molecule has 1 unspecified atom stereocenters. The monoisotopic (exact) mass is 225 g/mol. The molecule has 0 aliphatic heterocycles. The summed E-state index contributed by atoms with van der Waals surface area (Å²) in [6.07, 6.45) is 1.99. The van der Waals surface area contributed by atoms with Crippen molar-refractivity contribution in [3.05, 3.63) is 35.4 Å². The molecule has 0 spiro atoms. The molecule has 1 atom stereocenters. The summed E-state index contributed by atoms with van der Waals surface area (Å²) in [5.74, 6) is 0.00338. The zero-order valence-corrected chi connectivity index (χ0v) is 9.18. The van der Waals surface area contributed by atoms with Gasteiger partial charge in [0.05, 0.1) is 17.7 Å². The van der Waals surface area contributed by atoms with Gasteiger partial charge < -0.3 is 5.32 Å². The molecule has 1 saturated carbocycles. The van der Waals surface area contributed by atoms with E-state index >= 15 is 0 Å². The lowest BCUT2D eigenvalue weighted by molar-refractivity contribution is 0.0942. The summed E-state index contributed by atoms with van der Waals surface area (Å²) in [4.78, 5) is 11.8. The molecular formula is C13H11N3O. The van der Waals surface area contributed by atoms with Gasteiger partial charge in [-0.1, -0.05) is 6.07 Å². The van der Waals surface area contributed by atoms with Gasteiger partial charge in [0.2, 0.25) is 0 Å². The number of amides is 1. The van der Waals surface area contributed by atoms with Crippen LogP contribution in [0.3, 0.4) is 0 Å².